The van der Waals surface area contributed by atoms with E-state index in [0.717, 1.165) is 30.8 Å². The van der Waals surface area contributed by atoms with Crippen LogP contribution in [0.2, 0.25) is 0 Å². The van der Waals surface area contributed by atoms with Crippen LogP contribution in [-0.2, 0) is 19.4 Å². The molecule has 0 saturated carbocycles. The molecule has 0 aliphatic heterocycles. The van der Waals surface area contributed by atoms with E-state index in [1.54, 1.807) is 0 Å². The summed E-state index contributed by atoms with van der Waals surface area (Å²) in [7, 11) is 1.96. The molecule has 2 heterocycles. The van der Waals surface area contributed by atoms with Gasteiger partial charge in [0.05, 0.1) is 17.4 Å². The van der Waals surface area contributed by atoms with Gasteiger partial charge in [0.1, 0.15) is 0 Å². The van der Waals surface area contributed by atoms with Gasteiger partial charge in [0.15, 0.2) is 0 Å². The minimum Gasteiger partial charge on any atom is -0.311 e. The van der Waals surface area contributed by atoms with Gasteiger partial charge in [0, 0.05) is 24.0 Å². The minimum atomic E-state index is 0.204. The van der Waals surface area contributed by atoms with Crippen molar-refractivity contribution in [2.24, 2.45) is 0 Å². The van der Waals surface area contributed by atoms with E-state index in [0.29, 0.717) is 0 Å². The molecule has 0 fully saturated rings. The molecule has 5 nitrogen and oxygen atoms in total. The number of likely N-dealkylation sites (N-methyl/N-ethyl adjacent to an activating group) is 1. The van der Waals surface area contributed by atoms with Gasteiger partial charge in [-0.3, -0.25) is 4.68 Å². The van der Waals surface area contributed by atoms with Crippen molar-refractivity contribution in [1.29, 1.82) is 0 Å². The molecule has 0 amide bonds. The lowest BCUT2D eigenvalue weighted by Crippen LogP contribution is -2.21. The molecule has 18 heavy (non-hydrogen) atoms. The molecule has 2 aromatic heterocycles. The van der Waals surface area contributed by atoms with Crippen LogP contribution in [0.25, 0.3) is 0 Å². The Hall–Kier alpha value is -1.27. The summed E-state index contributed by atoms with van der Waals surface area (Å²) in [6.45, 7) is 5.15. The topological polar surface area (TPSA) is 55.6 Å². The number of hydrogen-bond acceptors (Lipinski definition) is 5. The highest BCUT2D eigenvalue weighted by molar-refractivity contribution is 7.03. The summed E-state index contributed by atoms with van der Waals surface area (Å²) < 4.78 is 6.00. The van der Waals surface area contributed by atoms with Crippen LogP contribution in [0.3, 0.4) is 0 Å². The van der Waals surface area contributed by atoms with Crippen molar-refractivity contribution in [2.75, 3.05) is 7.05 Å². The second-order valence-corrected chi connectivity index (χ2v) is 4.78. The van der Waals surface area contributed by atoms with Gasteiger partial charge >= 0.3 is 0 Å². The fourth-order valence-corrected chi connectivity index (χ4v) is 2.52. The highest BCUT2D eigenvalue weighted by atomic mass is 32.1. The Morgan fingerprint density at radius 2 is 2.28 bits per heavy atom. The number of nitrogens with one attached hydrogen (secondary N) is 1. The third-order valence-corrected chi connectivity index (χ3v) is 3.59. The van der Waals surface area contributed by atoms with E-state index in [2.05, 4.69) is 44.6 Å². The van der Waals surface area contributed by atoms with Crippen molar-refractivity contribution in [1.82, 2.24) is 24.7 Å². The van der Waals surface area contributed by atoms with Crippen LogP contribution >= 0.6 is 11.5 Å². The Balaban J connectivity index is 2.19. The lowest BCUT2D eigenvalue weighted by atomic mass is 10.1. The van der Waals surface area contributed by atoms with E-state index in [1.807, 2.05) is 12.4 Å². The number of hydrogen-bond donors (Lipinski definition) is 1. The molecule has 2 aromatic rings. The van der Waals surface area contributed by atoms with Gasteiger partial charge in [-0.15, -0.1) is 5.10 Å². The smallest absolute Gasteiger partial charge is 0.0928 e. The molecule has 1 N–H and O–H groups in total. The fourth-order valence-electron chi connectivity index (χ4n) is 2.01. The van der Waals surface area contributed by atoms with Crippen molar-refractivity contribution in [3.8, 4) is 0 Å². The first-order chi connectivity index (χ1) is 8.78. The Bertz CT molecular complexity index is 477. The summed E-state index contributed by atoms with van der Waals surface area (Å²) in [6.07, 6.45) is 1.87. The van der Waals surface area contributed by atoms with Crippen LogP contribution in [0.4, 0.5) is 0 Å². The molecule has 0 aliphatic carbocycles. The third kappa shape index (κ3) is 2.76. The maximum atomic E-state index is 4.57. The van der Waals surface area contributed by atoms with Gasteiger partial charge in [-0.05, 0) is 38.0 Å². The second-order valence-electron chi connectivity index (χ2n) is 4.17. The summed E-state index contributed by atoms with van der Waals surface area (Å²) >= 11 is 1.39. The van der Waals surface area contributed by atoms with Crippen LogP contribution in [0.5, 0.6) is 0 Å². The highest BCUT2D eigenvalue weighted by Crippen LogP contribution is 2.18. The first kappa shape index (κ1) is 13.2. The molecule has 0 aliphatic rings. The Kier molecular flexibility index (Phi) is 4.43. The molecule has 0 spiro atoms. The second kappa shape index (κ2) is 6.06. The molecule has 0 saturated heterocycles. The lowest BCUT2D eigenvalue weighted by Gasteiger charge is -2.13. The Morgan fingerprint density at radius 1 is 1.44 bits per heavy atom. The first-order valence-corrected chi connectivity index (χ1v) is 7.11. The predicted molar refractivity (Wildman–Crippen MR) is 72.7 cm³/mol. The molecule has 0 aromatic carbocycles. The van der Waals surface area contributed by atoms with Crippen LogP contribution < -0.4 is 5.32 Å². The molecule has 98 valence electrons. The van der Waals surface area contributed by atoms with Gasteiger partial charge < -0.3 is 5.32 Å². The van der Waals surface area contributed by atoms with Gasteiger partial charge in [-0.1, -0.05) is 11.4 Å². The molecule has 1 atom stereocenters. The van der Waals surface area contributed by atoms with Crippen LogP contribution in [0.15, 0.2) is 11.4 Å². The van der Waals surface area contributed by atoms with Gasteiger partial charge in [0.2, 0.25) is 0 Å². The van der Waals surface area contributed by atoms with E-state index < -0.39 is 0 Å². The molecular formula is C12H19N5S. The molecule has 1 unspecified atom stereocenters. The minimum absolute atomic E-state index is 0.204. The molecular weight excluding hydrogens is 246 g/mol. The molecule has 6 heteroatoms. The average molecular weight is 265 g/mol. The van der Waals surface area contributed by atoms with Crippen LogP contribution in [0, 0.1) is 0 Å². The largest absolute Gasteiger partial charge is 0.311 e. The van der Waals surface area contributed by atoms with Crippen molar-refractivity contribution >= 4 is 11.5 Å². The lowest BCUT2D eigenvalue weighted by molar-refractivity contribution is 0.530. The molecule has 0 bridgehead atoms. The Labute approximate surface area is 111 Å². The van der Waals surface area contributed by atoms with Gasteiger partial charge in [0.25, 0.3) is 0 Å². The SMILES string of the molecule is CCc1cc(CC(NC)c2csnn2)n(CC)n1. The average Bonchev–Trinajstić information content (AvgIpc) is 3.04. The first-order valence-electron chi connectivity index (χ1n) is 6.28. The zero-order chi connectivity index (χ0) is 13.0. The highest BCUT2D eigenvalue weighted by Gasteiger charge is 2.16. The van der Waals surface area contributed by atoms with E-state index >= 15 is 0 Å². The maximum absolute atomic E-state index is 4.57. The summed E-state index contributed by atoms with van der Waals surface area (Å²) in [5.74, 6) is 0. The van der Waals surface area contributed by atoms with Crippen molar-refractivity contribution in [3.05, 3.63) is 28.5 Å². The number of nitrogens with zero attached hydrogens (tertiary/aromatic N) is 4. The summed E-state index contributed by atoms with van der Waals surface area (Å²) in [5, 5.41) is 14.0. The summed E-state index contributed by atoms with van der Waals surface area (Å²) in [5.41, 5.74) is 3.41. The number of aryl methyl sites for hydroxylation is 2. The standard InChI is InChI=1S/C12H19N5S/c1-4-9-6-10(17(5-2)15-9)7-11(13-3)12-8-18-16-14-12/h6,8,11,13H,4-5,7H2,1-3H3. The van der Waals surface area contributed by atoms with E-state index in [1.165, 1.54) is 17.2 Å². The predicted octanol–water partition coefficient (Wildman–Crippen LogP) is 1.82. The monoisotopic (exact) mass is 265 g/mol. The van der Waals surface area contributed by atoms with Gasteiger partial charge in [-0.25, -0.2) is 0 Å². The zero-order valence-corrected chi connectivity index (χ0v) is 11.9. The zero-order valence-electron chi connectivity index (χ0n) is 11.1. The van der Waals surface area contributed by atoms with E-state index in [4.69, 9.17) is 0 Å². The van der Waals surface area contributed by atoms with Crippen LogP contribution in [0.1, 0.15) is 37.0 Å². The van der Waals surface area contributed by atoms with Gasteiger partial charge in [-0.2, -0.15) is 5.10 Å². The van der Waals surface area contributed by atoms with Crippen molar-refractivity contribution < 1.29 is 0 Å². The summed E-state index contributed by atoms with van der Waals surface area (Å²) in [4.78, 5) is 0. The van der Waals surface area contributed by atoms with Crippen molar-refractivity contribution in [3.63, 3.8) is 0 Å². The summed E-state index contributed by atoms with van der Waals surface area (Å²) in [6, 6.07) is 2.39. The third-order valence-electron chi connectivity index (χ3n) is 3.07. The Morgan fingerprint density at radius 3 is 2.83 bits per heavy atom. The number of rotatable bonds is 6. The maximum Gasteiger partial charge on any atom is 0.0928 e. The van der Waals surface area contributed by atoms with Crippen molar-refractivity contribution in [2.45, 2.75) is 39.3 Å². The van der Waals surface area contributed by atoms with E-state index in [-0.39, 0.29) is 6.04 Å². The molecule has 2 rings (SSSR count). The number of aromatic nitrogens is 4. The van der Waals surface area contributed by atoms with E-state index in [9.17, 15) is 0 Å². The quantitative estimate of drug-likeness (QED) is 0.865. The van der Waals surface area contributed by atoms with Crippen LogP contribution in [-0.4, -0.2) is 26.4 Å². The fraction of sp³-hybridized carbons (Fsp3) is 0.583. The normalized spacial score (nSPS) is 12.8. The molecule has 0 radical (unpaired) electrons.